The fourth-order valence-electron chi connectivity index (χ4n) is 2.12. The van der Waals surface area contributed by atoms with E-state index in [9.17, 15) is 4.79 Å². The summed E-state index contributed by atoms with van der Waals surface area (Å²) in [5.74, 6) is -0.0870. The lowest BCUT2D eigenvalue weighted by Gasteiger charge is -2.00. The van der Waals surface area contributed by atoms with Crippen molar-refractivity contribution in [3.05, 3.63) is 42.0 Å². The van der Waals surface area contributed by atoms with Gasteiger partial charge in [0.25, 0.3) is 0 Å². The summed E-state index contributed by atoms with van der Waals surface area (Å²) in [4.78, 5) is 10.9. The van der Waals surface area contributed by atoms with Gasteiger partial charge in [-0.15, -0.1) is 0 Å². The summed E-state index contributed by atoms with van der Waals surface area (Å²) in [7, 11) is 1.45. The number of methoxy groups -OCH3 is 1. The van der Waals surface area contributed by atoms with Crippen LogP contribution in [0.1, 0.15) is 56.9 Å². The van der Waals surface area contributed by atoms with Crippen LogP contribution in [0, 0.1) is 0 Å². The summed E-state index contributed by atoms with van der Waals surface area (Å²) < 4.78 is 4.61. The van der Waals surface area contributed by atoms with Gasteiger partial charge in [0.2, 0.25) is 0 Å². The molecule has 0 aliphatic carbocycles. The molecule has 1 rings (SSSR count). The Balaban J connectivity index is 1.90. The summed E-state index contributed by atoms with van der Waals surface area (Å²) in [6.45, 7) is 0. The van der Waals surface area contributed by atoms with Crippen molar-refractivity contribution in [3.63, 3.8) is 0 Å². The average molecular weight is 274 g/mol. The average Bonchev–Trinajstić information content (AvgIpc) is 2.50. The molecular formula is C18H26O2. The molecule has 0 amide bonds. The van der Waals surface area contributed by atoms with Gasteiger partial charge in [-0.2, -0.15) is 0 Å². The molecular weight excluding hydrogens is 248 g/mol. The van der Waals surface area contributed by atoms with Crippen molar-refractivity contribution < 1.29 is 9.53 Å². The van der Waals surface area contributed by atoms with Gasteiger partial charge in [-0.25, -0.2) is 0 Å². The highest BCUT2D eigenvalue weighted by molar-refractivity contribution is 5.68. The summed E-state index contributed by atoms with van der Waals surface area (Å²) in [5, 5.41) is 0. The zero-order chi connectivity index (χ0) is 14.5. The fraction of sp³-hybridized carbons (Fsp3) is 0.500. The second-order valence-corrected chi connectivity index (χ2v) is 5.05. The van der Waals surface area contributed by atoms with Crippen LogP contribution in [0.2, 0.25) is 0 Å². The van der Waals surface area contributed by atoms with Gasteiger partial charge in [-0.3, -0.25) is 4.79 Å². The number of hydrogen-bond acceptors (Lipinski definition) is 2. The number of carbonyl (C=O) groups is 1. The van der Waals surface area contributed by atoms with E-state index in [1.165, 1.54) is 38.4 Å². The van der Waals surface area contributed by atoms with Crippen LogP contribution in [0.15, 0.2) is 36.4 Å². The lowest BCUT2D eigenvalue weighted by Crippen LogP contribution is -1.99. The van der Waals surface area contributed by atoms with Crippen molar-refractivity contribution in [1.82, 2.24) is 0 Å². The lowest BCUT2D eigenvalue weighted by atomic mass is 10.1. The van der Waals surface area contributed by atoms with E-state index in [4.69, 9.17) is 0 Å². The third kappa shape index (κ3) is 8.52. The van der Waals surface area contributed by atoms with Crippen LogP contribution in [0.5, 0.6) is 0 Å². The van der Waals surface area contributed by atoms with E-state index in [1.807, 2.05) is 6.07 Å². The Kier molecular flexibility index (Phi) is 9.29. The molecule has 2 heteroatoms. The smallest absolute Gasteiger partial charge is 0.305 e. The number of carbonyl (C=O) groups excluding carboxylic acids is 1. The predicted molar refractivity (Wildman–Crippen MR) is 84.4 cm³/mol. The Bertz CT molecular complexity index is 382. The van der Waals surface area contributed by atoms with E-state index in [1.54, 1.807) is 0 Å². The third-order valence-electron chi connectivity index (χ3n) is 3.34. The summed E-state index contributed by atoms with van der Waals surface area (Å²) in [6, 6.07) is 10.4. The normalized spacial score (nSPS) is 10.8. The van der Waals surface area contributed by atoms with Gasteiger partial charge < -0.3 is 4.74 Å². The fourth-order valence-corrected chi connectivity index (χ4v) is 2.12. The summed E-state index contributed by atoms with van der Waals surface area (Å²) >= 11 is 0. The van der Waals surface area contributed by atoms with Crippen molar-refractivity contribution in [1.29, 1.82) is 0 Å². The molecule has 0 fully saturated rings. The van der Waals surface area contributed by atoms with Crippen LogP contribution in [0.4, 0.5) is 0 Å². The van der Waals surface area contributed by atoms with Crippen molar-refractivity contribution in [2.24, 2.45) is 0 Å². The Morgan fingerprint density at radius 3 is 2.35 bits per heavy atom. The SMILES string of the molecule is COC(=O)CCCCCCCC/C=C/c1ccccc1. The van der Waals surface area contributed by atoms with Gasteiger partial charge in [0, 0.05) is 6.42 Å². The number of benzene rings is 1. The number of hydrogen-bond donors (Lipinski definition) is 0. The zero-order valence-electron chi connectivity index (χ0n) is 12.5. The number of ether oxygens (including phenoxy) is 1. The quantitative estimate of drug-likeness (QED) is 0.443. The maximum atomic E-state index is 10.9. The Morgan fingerprint density at radius 1 is 1.00 bits per heavy atom. The molecule has 110 valence electrons. The van der Waals surface area contributed by atoms with Crippen molar-refractivity contribution in [3.8, 4) is 0 Å². The van der Waals surface area contributed by atoms with E-state index in [0.717, 1.165) is 19.3 Å². The van der Waals surface area contributed by atoms with Crippen LogP contribution in [-0.2, 0) is 9.53 Å². The maximum Gasteiger partial charge on any atom is 0.305 e. The van der Waals surface area contributed by atoms with E-state index in [0.29, 0.717) is 6.42 Å². The van der Waals surface area contributed by atoms with Crippen LogP contribution < -0.4 is 0 Å². The molecule has 0 heterocycles. The van der Waals surface area contributed by atoms with E-state index >= 15 is 0 Å². The van der Waals surface area contributed by atoms with Crippen LogP contribution in [0.3, 0.4) is 0 Å². The molecule has 20 heavy (non-hydrogen) atoms. The summed E-state index contributed by atoms with van der Waals surface area (Å²) in [5.41, 5.74) is 1.27. The molecule has 2 nitrogen and oxygen atoms in total. The van der Waals surface area contributed by atoms with Crippen LogP contribution in [0.25, 0.3) is 6.08 Å². The highest BCUT2D eigenvalue weighted by atomic mass is 16.5. The van der Waals surface area contributed by atoms with Gasteiger partial charge in [-0.1, -0.05) is 68.2 Å². The largest absolute Gasteiger partial charge is 0.469 e. The Labute approximate surface area is 122 Å². The topological polar surface area (TPSA) is 26.3 Å². The first-order valence-electron chi connectivity index (χ1n) is 7.61. The number of esters is 1. The molecule has 0 unspecified atom stereocenters. The highest BCUT2D eigenvalue weighted by Gasteiger charge is 1.98. The van der Waals surface area contributed by atoms with Crippen LogP contribution in [-0.4, -0.2) is 13.1 Å². The van der Waals surface area contributed by atoms with Gasteiger partial charge in [0.1, 0.15) is 0 Å². The van der Waals surface area contributed by atoms with Gasteiger partial charge in [-0.05, 0) is 24.8 Å². The molecule has 0 aliphatic rings. The zero-order valence-corrected chi connectivity index (χ0v) is 12.5. The molecule has 0 bridgehead atoms. The molecule has 0 radical (unpaired) electrons. The van der Waals surface area contributed by atoms with Crippen molar-refractivity contribution >= 4 is 12.0 Å². The Morgan fingerprint density at radius 2 is 1.65 bits per heavy atom. The second-order valence-electron chi connectivity index (χ2n) is 5.05. The second kappa shape index (κ2) is 11.3. The molecule has 1 aromatic carbocycles. The minimum atomic E-state index is -0.0870. The molecule has 0 saturated heterocycles. The monoisotopic (exact) mass is 274 g/mol. The van der Waals surface area contributed by atoms with Crippen LogP contribution >= 0.6 is 0 Å². The minimum absolute atomic E-state index is 0.0870. The molecule has 0 N–H and O–H groups in total. The van der Waals surface area contributed by atoms with E-state index in [2.05, 4.69) is 41.2 Å². The third-order valence-corrected chi connectivity index (χ3v) is 3.34. The molecule has 0 atom stereocenters. The first-order chi connectivity index (χ1) is 9.83. The molecule has 0 spiro atoms. The maximum absolute atomic E-state index is 10.9. The summed E-state index contributed by atoms with van der Waals surface area (Å²) in [6.07, 6.45) is 13.3. The van der Waals surface area contributed by atoms with Gasteiger partial charge in [0.15, 0.2) is 0 Å². The first-order valence-corrected chi connectivity index (χ1v) is 7.61. The minimum Gasteiger partial charge on any atom is -0.469 e. The van der Waals surface area contributed by atoms with Gasteiger partial charge in [0.05, 0.1) is 7.11 Å². The number of rotatable bonds is 10. The molecule has 0 aromatic heterocycles. The molecule has 0 aliphatic heterocycles. The molecule has 1 aromatic rings. The lowest BCUT2D eigenvalue weighted by molar-refractivity contribution is -0.140. The standard InChI is InChI=1S/C18H26O2/c1-20-18(19)16-12-7-5-3-2-4-6-9-13-17-14-10-8-11-15-17/h8-11,13-15H,2-7,12,16H2,1H3/b13-9+. The van der Waals surface area contributed by atoms with E-state index in [-0.39, 0.29) is 5.97 Å². The highest BCUT2D eigenvalue weighted by Crippen LogP contribution is 2.10. The van der Waals surface area contributed by atoms with Crippen molar-refractivity contribution in [2.75, 3.05) is 7.11 Å². The Hall–Kier alpha value is -1.57. The number of allylic oxidation sites excluding steroid dienone is 1. The number of unbranched alkanes of at least 4 members (excludes halogenated alkanes) is 6. The predicted octanol–water partition coefficient (Wildman–Crippen LogP) is 4.99. The van der Waals surface area contributed by atoms with E-state index < -0.39 is 0 Å². The van der Waals surface area contributed by atoms with Crippen molar-refractivity contribution in [2.45, 2.75) is 51.4 Å². The van der Waals surface area contributed by atoms with Gasteiger partial charge >= 0.3 is 5.97 Å². The first kappa shape index (κ1) is 16.5. The molecule has 0 saturated carbocycles.